The van der Waals surface area contributed by atoms with Crippen LogP contribution in [0.1, 0.15) is 11.4 Å². The van der Waals surface area contributed by atoms with Crippen LogP contribution in [-0.4, -0.2) is 19.9 Å². The Labute approximate surface area is 304 Å². The van der Waals surface area contributed by atoms with Gasteiger partial charge in [-0.25, -0.2) is 19.9 Å². The average Bonchev–Trinajstić information content (AvgIpc) is 3.24. The van der Waals surface area contributed by atoms with Crippen molar-refractivity contribution in [1.82, 2.24) is 19.9 Å². The summed E-state index contributed by atoms with van der Waals surface area (Å²) < 4.78 is 0. The van der Waals surface area contributed by atoms with Crippen molar-refractivity contribution in [3.05, 3.63) is 194 Å². The highest BCUT2D eigenvalue weighted by Gasteiger charge is 2.16. The number of aromatic nitrogens is 4. The van der Waals surface area contributed by atoms with E-state index in [1.54, 1.807) is 12.2 Å². The summed E-state index contributed by atoms with van der Waals surface area (Å²) >= 11 is 0. The van der Waals surface area contributed by atoms with Crippen LogP contribution in [-0.2, 0) is 0 Å². The molecule has 0 aliphatic carbocycles. The van der Waals surface area contributed by atoms with E-state index in [0.717, 1.165) is 72.8 Å². The van der Waals surface area contributed by atoms with Crippen LogP contribution in [0.25, 0.3) is 90.8 Å². The van der Waals surface area contributed by atoms with E-state index in [1.165, 1.54) is 0 Å². The zero-order valence-electron chi connectivity index (χ0n) is 28.5. The van der Waals surface area contributed by atoms with Gasteiger partial charge in [-0.05, 0) is 46.5 Å². The quantitative estimate of drug-likeness (QED) is 0.154. The van der Waals surface area contributed by atoms with Gasteiger partial charge < -0.3 is 0 Å². The van der Waals surface area contributed by atoms with E-state index in [4.69, 9.17) is 19.9 Å². The molecule has 6 aromatic carbocycles. The Morgan fingerprint density at radius 1 is 0.308 bits per heavy atom. The Bertz CT molecular complexity index is 2450. The zero-order chi connectivity index (χ0) is 35.3. The van der Waals surface area contributed by atoms with E-state index >= 15 is 0 Å². The summed E-state index contributed by atoms with van der Waals surface area (Å²) in [5, 5.41) is 0. The van der Waals surface area contributed by atoms with Crippen molar-refractivity contribution in [2.75, 3.05) is 0 Å². The number of nitrogens with zero attached hydrogens (tertiary/aromatic N) is 4. The molecule has 0 spiro atoms. The first-order valence-electron chi connectivity index (χ1n) is 17.2. The maximum Gasteiger partial charge on any atom is 0.160 e. The summed E-state index contributed by atoms with van der Waals surface area (Å²) in [6.07, 6.45) is 3.46. The first-order valence-corrected chi connectivity index (χ1v) is 17.2. The van der Waals surface area contributed by atoms with Crippen LogP contribution in [0.2, 0.25) is 0 Å². The van der Waals surface area contributed by atoms with Crippen molar-refractivity contribution < 1.29 is 0 Å². The second kappa shape index (κ2) is 14.4. The second-order valence-corrected chi connectivity index (χ2v) is 12.4. The monoisotopic (exact) mass is 666 g/mol. The van der Waals surface area contributed by atoms with Crippen LogP contribution in [0.3, 0.4) is 0 Å². The molecule has 0 fully saturated rings. The van der Waals surface area contributed by atoms with Crippen LogP contribution in [0.4, 0.5) is 0 Å². The highest BCUT2D eigenvalue weighted by Crippen LogP contribution is 2.35. The first-order chi connectivity index (χ1) is 25.7. The molecule has 4 heteroatoms. The second-order valence-electron chi connectivity index (χ2n) is 12.4. The number of hydrogen-bond acceptors (Lipinski definition) is 4. The van der Waals surface area contributed by atoms with Gasteiger partial charge in [0.1, 0.15) is 0 Å². The minimum atomic E-state index is 0.686. The fourth-order valence-corrected chi connectivity index (χ4v) is 6.36. The van der Waals surface area contributed by atoms with Gasteiger partial charge in [-0.15, -0.1) is 0 Å². The van der Waals surface area contributed by atoms with Crippen molar-refractivity contribution in [2.45, 2.75) is 0 Å². The third-order valence-electron chi connectivity index (χ3n) is 9.08. The van der Waals surface area contributed by atoms with E-state index in [1.807, 2.05) is 42.5 Å². The zero-order valence-corrected chi connectivity index (χ0v) is 28.5. The molecule has 8 aromatic rings. The summed E-state index contributed by atoms with van der Waals surface area (Å²) in [4.78, 5) is 20.1. The number of hydrogen-bond donors (Lipinski definition) is 0. The lowest BCUT2D eigenvalue weighted by Crippen LogP contribution is -2.00. The van der Waals surface area contributed by atoms with Gasteiger partial charge in [0, 0.05) is 27.8 Å². The highest BCUT2D eigenvalue weighted by molar-refractivity contribution is 5.83. The maximum absolute atomic E-state index is 5.05. The molecule has 0 atom stereocenters. The van der Waals surface area contributed by atoms with Crippen LogP contribution in [0.5, 0.6) is 0 Å². The molecule has 0 aliphatic rings. The van der Waals surface area contributed by atoms with Crippen molar-refractivity contribution in [1.29, 1.82) is 0 Å². The van der Waals surface area contributed by atoms with Gasteiger partial charge in [0.15, 0.2) is 5.82 Å². The Morgan fingerprint density at radius 3 is 1.19 bits per heavy atom. The number of rotatable bonds is 9. The Kier molecular flexibility index (Phi) is 8.94. The fraction of sp³-hybridized carbons (Fsp3) is 0. The molecule has 0 bridgehead atoms. The van der Waals surface area contributed by atoms with Crippen molar-refractivity contribution in [3.63, 3.8) is 0 Å². The molecule has 0 saturated carbocycles. The minimum Gasteiger partial charge on any atom is -0.244 e. The van der Waals surface area contributed by atoms with E-state index < -0.39 is 0 Å². The Balaban J connectivity index is 1.13. The molecule has 52 heavy (non-hydrogen) atoms. The Morgan fingerprint density at radius 2 is 0.692 bits per heavy atom. The van der Waals surface area contributed by atoms with Gasteiger partial charge in [-0.2, -0.15) is 0 Å². The van der Waals surface area contributed by atoms with Crippen molar-refractivity contribution in [2.24, 2.45) is 0 Å². The van der Waals surface area contributed by atoms with Gasteiger partial charge in [-0.1, -0.05) is 171 Å². The molecule has 2 heterocycles. The SMILES string of the molecule is C=Cc1nc(-c2ccc(-c3ccc(-c4nc(-c5ccccc5)cc(-c5ccccc5)n4)cc3)cc2)c(-c2cccc(-c3ccccc3)c2)nc1C=C. The molecule has 0 radical (unpaired) electrons. The largest absolute Gasteiger partial charge is 0.244 e. The van der Waals surface area contributed by atoms with E-state index in [2.05, 4.69) is 141 Å². The number of benzene rings is 6. The summed E-state index contributed by atoms with van der Waals surface area (Å²) in [5.41, 5.74) is 14.2. The summed E-state index contributed by atoms with van der Waals surface area (Å²) in [5.74, 6) is 0.686. The summed E-state index contributed by atoms with van der Waals surface area (Å²) in [6, 6.07) is 58.2. The summed E-state index contributed by atoms with van der Waals surface area (Å²) in [6.45, 7) is 7.98. The molecular formula is C48H34N4. The van der Waals surface area contributed by atoms with Crippen LogP contribution >= 0.6 is 0 Å². The molecule has 0 amide bonds. The van der Waals surface area contributed by atoms with Crippen LogP contribution in [0, 0.1) is 0 Å². The highest BCUT2D eigenvalue weighted by atomic mass is 14.9. The minimum absolute atomic E-state index is 0.686. The van der Waals surface area contributed by atoms with Crippen molar-refractivity contribution >= 4 is 12.2 Å². The van der Waals surface area contributed by atoms with Gasteiger partial charge in [0.2, 0.25) is 0 Å². The molecule has 0 saturated heterocycles. The lowest BCUT2D eigenvalue weighted by Gasteiger charge is -2.14. The standard InChI is InChI=1S/C48H34N4/c1-3-42-43(4-2)50-47(41-22-14-21-40(31-41)33-15-8-5-9-16-33)46(49-42)38-27-23-34(24-28-38)35-25-29-39(30-26-35)48-51-44(36-17-10-6-11-18-36)32-45(52-48)37-19-12-7-13-20-37/h3-32H,1-2H2. The molecule has 0 N–H and O–H groups in total. The van der Waals surface area contributed by atoms with Gasteiger partial charge in [0.05, 0.1) is 34.2 Å². The molecule has 8 rings (SSSR count). The lowest BCUT2D eigenvalue weighted by atomic mass is 9.97. The van der Waals surface area contributed by atoms with Crippen LogP contribution in [0.15, 0.2) is 183 Å². The van der Waals surface area contributed by atoms with E-state index in [9.17, 15) is 0 Å². The van der Waals surface area contributed by atoms with Crippen LogP contribution < -0.4 is 0 Å². The maximum atomic E-state index is 5.05. The third kappa shape index (κ3) is 6.61. The molecule has 2 aromatic heterocycles. The van der Waals surface area contributed by atoms with Gasteiger partial charge in [0.25, 0.3) is 0 Å². The third-order valence-corrected chi connectivity index (χ3v) is 9.08. The predicted octanol–water partition coefficient (Wildman–Crippen LogP) is 12.2. The van der Waals surface area contributed by atoms with Gasteiger partial charge >= 0.3 is 0 Å². The van der Waals surface area contributed by atoms with Gasteiger partial charge in [-0.3, -0.25) is 0 Å². The topological polar surface area (TPSA) is 51.6 Å². The smallest absolute Gasteiger partial charge is 0.160 e. The van der Waals surface area contributed by atoms with Crippen molar-refractivity contribution in [3.8, 4) is 78.7 Å². The Hall–Kier alpha value is -7.04. The summed E-state index contributed by atoms with van der Waals surface area (Å²) in [7, 11) is 0. The molecule has 0 aliphatic heterocycles. The molecule has 246 valence electrons. The fourth-order valence-electron chi connectivity index (χ4n) is 6.36. The molecule has 4 nitrogen and oxygen atoms in total. The lowest BCUT2D eigenvalue weighted by molar-refractivity contribution is 1.17. The normalized spacial score (nSPS) is 10.8. The average molecular weight is 667 g/mol. The molecule has 0 unspecified atom stereocenters. The molecular weight excluding hydrogens is 633 g/mol. The van der Waals surface area contributed by atoms with E-state index in [0.29, 0.717) is 17.2 Å². The van der Waals surface area contributed by atoms with E-state index in [-0.39, 0.29) is 0 Å². The predicted molar refractivity (Wildman–Crippen MR) is 216 cm³/mol. The first kappa shape index (κ1) is 32.2.